The lowest BCUT2D eigenvalue weighted by molar-refractivity contribution is 0.0935. The lowest BCUT2D eigenvalue weighted by atomic mass is 10.1. The number of benzene rings is 2. The summed E-state index contributed by atoms with van der Waals surface area (Å²) < 4.78 is 50.5. The van der Waals surface area contributed by atoms with Gasteiger partial charge in [0.25, 0.3) is 5.91 Å². The normalized spacial score (nSPS) is 12.9. The van der Waals surface area contributed by atoms with Crippen LogP contribution in [-0.4, -0.2) is 39.8 Å². The van der Waals surface area contributed by atoms with Gasteiger partial charge in [-0.15, -0.1) is 0 Å². The number of hydrogen-bond acceptors (Lipinski definition) is 5. The van der Waals surface area contributed by atoms with Gasteiger partial charge in [0.15, 0.2) is 11.3 Å². The Morgan fingerprint density at radius 1 is 1.21 bits per heavy atom. The van der Waals surface area contributed by atoms with Crippen molar-refractivity contribution in [1.29, 1.82) is 0 Å². The number of ether oxygens (including phenoxy) is 1. The molecule has 154 valence electrons. The number of furan rings is 1. The minimum atomic E-state index is -4.02. The number of amides is 1. The van der Waals surface area contributed by atoms with E-state index in [0.717, 1.165) is 21.8 Å². The molecule has 1 atom stereocenters. The Hall–Kier alpha value is -2.91. The van der Waals surface area contributed by atoms with Crippen LogP contribution in [0.5, 0.6) is 5.75 Å². The maximum absolute atomic E-state index is 14.0. The standard InChI is InChI=1S/C20H21FN2O5S/c1-12(17-10-13-6-5-7-16(27-4)19(13)28-17)22-20(24)14-8-9-15(21)18(11-14)29(25,26)23(2)3/h5-12H,1-4H3,(H,22,24). The predicted octanol–water partition coefficient (Wildman–Crippen LogP) is 3.32. The van der Waals surface area contributed by atoms with Crippen molar-refractivity contribution in [2.24, 2.45) is 0 Å². The summed E-state index contributed by atoms with van der Waals surface area (Å²) in [6.07, 6.45) is 0. The molecule has 0 aliphatic rings. The van der Waals surface area contributed by atoms with Crippen molar-refractivity contribution in [3.63, 3.8) is 0 Å². The van der Waals surface area contributed by atoms with E-state index in [1.807, 2.05) is 12.1 Å². The third kappa shape index (κ3) is 3.96. The van der Waals surface area contributed by atoms with Gasteiger partial charge in [-0.2, -0.15) is 0 Å². The summed E-state index contributed by atoms with van der Waals surface area (Å²) >= 11 is 0. The number of carbonyl (C=O) groups excluding carboxylic acids is 1. The fourth-order valence-electron chi connectivity index (χ4n) is 2.82. The first-order chi connectivity index (χ1) is 13.6. The molecule has 2 aromatic carbocycles. The molecule has 0 radical (unpaired) electrons. The predicted molar refractivity (Wildman–Crippen MR) is 106 cm³/mol. The quantitative estimate of drug-likeness (QED) is 0.661. The van der Waals surface area contributed by atoms with Gasteiger partial charge in [-0.3, -0.25) is 4.79 Å². The first-order valence-electron chi connectivity index (χ1n) is 8.74. The van der Waals surface area contributed by atoms with E-state index < -0.39 is 32.7 Å². The zero-order valence-electron chi connectivity index (χ0n) is 16.4. The van der Waals surface area contributed by atoms with E-state index in [-0.39, 0.29) is 5.56 Å². The maximum atomic E-state index is 14.0. The maximum Gasteiger partial charge on any atom is 0.251 e. The van der Waals surface area contributed by atoms with Crippen LogP contribution in [0, 0.1) is 5.82 Å². The van der Waals surface area contributed by atoms with Crippen LogP contribution in [0.25, 0.3) is 11.0 Å². The SMILES string of the molecule is COc1cccc2cc(C(C)NC(=O)c3ccc(F)c(S(=O)(=O)N(C)C)c3)oc12. The number of sulfonamides is 1. The summed E-state index contributed by atoms with van der Waals surface area (Å²) in [6.45, 7) is 1.73. The van der Waals surface area contributed by atoms with Crippen LogP contribution >= 0.6 is 0 Å². The second-order valence-electron chi connectivity index (χ2n) is 6.66. The molecule has 0 aliphatic carbocycles. The van der Waals surface area contributed by atoms with Crippen LogP contribution in [0.4, 0.5) is 4.39 Å². The Kier molecular flexibility index (Phi) is 5.63. The lowest BCUT2D eigenvalue weighted by Crippen LogP contribution is -2.27. The largest absolute Gasteiger partial charge is 0.493 e. The molecule has 0 aliphatic heterocycles. The van der Waals surface area contributed by atoms with E-state index in [4.69, 9.17) is 9.15 Å². The third-order valence-electron chi connectivity index (χ3n) is 4.47. The van der Waals surface area contributed by atoms with E-state index in [1.165, 1.54) is 27.3 Å². The number of nitrogens with zero attached hydrogens (tertiary/aromatic N) is 1. The second-order valence-corrected chi connectivity index (χ2v) is 8.78. The minimum Gasteiger partial charge on any atom is -0.493 e. The van der Waals surface area contributed by atoms with Crippen LogP contribution in [0.3, 0.4) is 0 Å². The third-order valence-corrected chi connectivity index (χ3v) is 6.30. The van der Waals surface area contributed by atoms with E-state index >= 15 is 0 Å². The summed E-state index contributed by atoms with van der Waals surface area (Å²) in [5.74, 6) is -0.404. The Labute approximate surface area is 168 Å². The second kappa shape index (κ2) is 7.84. The van der Waals surface area contributed by atoms with Crippen molar-refractivity contribution in [3.8, 4) is 5.75 Å². The van der Waals surface area contributed by atoms with E-state index in [1.54, 1.807) is 19.1 Å². The number of nitrogens with one attached hydrogen (secondary N) is 1. The van der Waals surface area contributed by atoms with Crippen LogP contribution in [0.15, 0.2) is 51.8 Å². The molecule has 1 heterocycles. The summed E-state index contributed by atoms with van der Waals surface area (Å²) in [5, 5.41) is 3.55. The van der Waals surface area contributed by atoms with Crippen LogP contribution in [0.1, 0.15) is 29.1 Å². The van der Waals surface area contributed by atoms with Crippen molar-refractivity contribution >= 4 is 26.9 Å². The number of fused-ring (bicyclic) bond motifs is 1. The molecule has 1 N–H and O–H groups in total. The van der Waals surface area contributed by atoms with Crippen LogP contribution in [-0.2, 0) is 10.0 Å². The molecule has 1 amide bonds. The molecule has 1 aromatic heterocycles. The van der Waals surface area contributed by atoms with Gasteiger partial charge in [0, 0.05) is 25.0 Å². The Morgan fingerprint density at radius 2 is 1.93 bits per heavy atom. The number of halogens is 1. The molecular formula is C20H21FN2O5S. The average molecular weight is 420 g/mol. The van der Waals surface area contributed by atoms with Crippen molar-refractivity contribution in [2.75, 3.05) is 21.2 Å². The Bertz CT molecular complexity index is 1170. The summed E-state index contributed by atoms with van der Waals surface area (Å²) in [5.41, 5.74) is 0.583. The highest BCUT2D eigenvalue weighted by Gasteiger charge is 2.24. The number of para-hydroxylation sites is 1. The van der Waals surface area contributed by atoms with Crippen molar-refractivity contribution in [1.82, 2.24) is 9.62 Å². The van der Waals surface area contributed by atoms with Gasteiger partial charge in [-0.05, 0) is 37.3 Å². The summed E-state index contributed by atoms with van der Waals surface area (Å²) in [4.78, 5) is 12.1. The molecule has 0 saturated carbocycles. The van der Waals surface area contributed by atoms with Gasteiger partial charge in [-0.1, -0.05) is 12.1 Å². The number of carbonyl (C=O) groups is 1. The average Bonchev–Trinajstić information content (AvgIpc) is 3.12. The molecule has 0 bridgehead atoms. The lowest BCUT2D eigenvalue weighted by Gasteiger charge is -2.14. The molecule has 9 heteroatoms. The van der Waals surface area contributed by atoms with Gasteiger partial charge in [-0.25, -0.2) is 17.1 Å². The number of hydrogen-bond donors (Lipinski definition) is 1. The topological polar surface area (TPSA) is 88.8 Å². The van der Waals surface area contributed by atoms with Crippen molar-refractivity contribution in [3.05, 3.63) is 59.6 Å². The molecule has 0 saturated heterocycles. The summed E-state index contributed by atoms with van der Waals surface area (Å²) in [7, 11) is 0.0967. The van der Waals surface area contributed by atoms with E-state index in [0.29, 0.717) is 17.1 Å². The highest BCUT2D eigenvalue weighted by atomic mass is 32.2. The molecule has 3 aromatic rings. The van der Waals surface area contributed by atoms with Gasteiger partial charge in [0.2, 0.25) is 10.0 Å². The monoisotopic (exact) mass is 420 g/mol. The zero-order valence-corrected chi connectivity index (χ0v) is 17.2. The van der Waals surface area contributed by atoms with E-state index in [2.05, 4.69) is 5.32 Å². The fourth-order valence-corrected chi connectivity index (χ4v) is 3.80. The van der Waals surface area contributed by atoms with E-state index in [9.17, 15) is 17.6 Å². The fraction of sp³-hybridized carbons (Fsp3) is 0.250. The molecule has 0 fully saturated rings. The molecule has 0 spiro atoms. The number of rotatable bonds is 6. The highest BCUT2D eigenvalue weighted by Crippen LogP contribution is 2.31. The van der Waals surface area contributed by atoms with Gasteiger partial charge in [0.05, 0.1) is 13.2 Å². The van der Waals surface area contributed by atoms with Gasteiger partial charge in [0.1, 0.15) is 16.5 Å². The van der Waals surface area contributed by atoms with Gasteiger partial charge >= 0.3 is 0 Å². The molecule has 7 nitrogen and oxygen atoms in total. The Morgan fingerprint density at radius 3 is 2.59 bits per heavy atom. The first-order valence-corrected chi connectivity index (χ1v) is 10.2. The molecular weight excluding hydrogens is 399 g/mol. The van der Waals surface area contributed by atoms with Crippen LogP contribution in [0.2, 0.25) is 0 Å². The highest BCUT2D eigenvalue weighted by molar-refractivity contribution is 7.89. The smallest absolute Gasteiger partial charge is 0.251 e. The van der Waals surface area contributed by atoms with Crippen molar-refractivity contribution < 1.29 is 26.8 Å². The summed E-state index contributed by atoms with van der Waals surface area (Å²) in [6, 6.07) is 9.94. The van der Waals surface area contributed by atoms with Crippen LogP contribution < -0.4 is 10.1 Å². The Balaban J connectivity index is 1.87. The zero-order chi connectivity index (χ0) is 21.3. The molecule has 29 heavy (non-hydrogen) atoms. The van der Waals surface area contributed by atoms with Crippen molar-refractivity contribution in [2.45, 2.75) is 17.9 Å². The number of methoxy groups -OCH3 is 1. The first kappa shape index (κ1) is 20.8. The minimum absolute atomic E-state index is 0.0207. The van der Waals surface area contributed by atoms with Gasteiger partial charge < -0.3 is 14.5 Å². The molecule has 1 unspecified atom stereocenters. The molecule has 3 rings (SSSR count).